The van der Waals surface area contributed by atoms with Gasteiger partial charge in [0.15, 0.2) is 0 Å². The van der Waals surface area contributed by atoms with E-state index in [4.69, 9.17) is 14.2 Å². The number of ether oxygens (including phenoxy) is 3. The van der Waals surface area contributed by atoms with Gasteiger partial charge in [-0.15, -0.1) is 0 Å². The van der Waals surface area contributed by atoms with E-state index in [9.17, 15) is 0 Å². The third kappa shape index (κ3) is 5.19. The van der Waals surface area contributed by atoms with Crippen LogP contribution in [0.3, 0.4) is 0 Å². The SMILES string of the molecule is COc1ccc(COCCNC2CCOCC2)cc1. The van der Waals surface area contributed by atoms with Gasteiger partial charge in [-0.1, -0.05) is 12.1 Å². The van der Waals surface area contributed by atoms with Crippen LogP contribution >= 0.6 is 0 Å². The highest BCUT2D eigenvalue weighted by Crippen LogP contribution is 2.11. The molecule has 0 spiro atoms. The highest BCUT2D eigenvalue weighted by molar-refractivity contribution is 5.26. The molecule has 1 heterocycles. The first kappa shape index (κ1) is 14.3. The van der Waals surface area contributed by atoms with Gasteiger partial charge in [0, 0.05) is 25.8 Å². The molecule has 4 nitrogen and oxygen atoms in total. The quantitative estimate of drug-likeness (QED) is 0.765. The molecule has 0 bridgehead atoms. The Bertz CT molecular complexity index is 347. The zero-order valence-corrected chi connectivity index (χ0v) is 11.6. The molecule has 19 heavy (non-hydrogen) atoms. The van der Waals surface area contributed by atoms with Crippen molar-refractivity contribution in [1.29, 1.82) is 0 Å². The maximum absolute atomic E-state index is 5.65. The largest absolute Gasteiger partial charge is 0.497 e. The van der Waals surface area contributed by atoms with Gasteiger partial charge in [-0.25, -0.2) is 0 Å². The Morgan fingerprint density at radius 3 is 2.63 bits per heavy atom. The minimum absolute atomic E-state index is 0.596. The summed E-state index contributed by atoms with van der Waals surface area (Å²) in [5, 5.41) is 3.50. The molecule has 1 aliphatic heterocycles. The Morgan fingerprint density at radius 2 is 1.95 bits per heavy atom. The molecular formula is C15H23NO3. The van der Waals surface area contributed by atoms with Crippen molar-refractivity contribution in [3.8, 4) is 5.75 Å². The molecular weight excluding hydrogens is 242 g/mol. The maximum atomic E-state index is 5.65. The van der Waals surface area contributed by atoms with Crippen LogP contribution in [0, 0.1) is 0 Å². The van der Waals surface area contributed by atoms with E-state index in [-0.39, 0.29) is 0 Å². The second-order valence-corrected chi connectivity index (χ2v) is 4.74. The highest BCUT2D eigenvalue weighted by atomic mass is 16.5. The topological polar surface area (TPSA) is 39.7 Å². The normalized spacial score (nSPS) is 16.5. The highest BCUT2D eigenvalue weighted by Gasteiger charge is 2.11. The van der Waals surface area contributed by atoms with Gasteiger partial charge in [-0.2, -0.15) is 0 Å². The molecule has 0 unspecified atom stereocenters. The molecule has 1 saturated heterocycles. The van der Waals surface area contributed by atoms with Gasteiger partial charge in [0.25, 0.3) is 0 Å². The number of rotatable bonds is 7. The molecule has 0 radical (unpaired) electrons. The van der Waals surface area contributed by atoms with Crippen molar-refractivity contribution in [2.75, 3.05) is 33.5 Å². The molecule has 0 atom stereocenters. The van der Waals surface area contributed by atoms with Crippen molar-refractivity contribution in [2.24, 2.45) is 0 Å². The Kier molecular flexibility index (Phi) is 6.14. The van der Waals surface area contributed by atoms with E-state index >= 15 is 0 Å². The Labute approximate surface area is 115 Å². The van der Waals surface area contributed by atoms with Gasteiger partial charge in [0.1, 0.15) is 5.75 Å². The van der Waals surface area contributed by atoms with Crippen LogP contribution in [-0.4, -0.2) is 39.5 Å². The molecule has 1 aromatic carbocycles. The summed E-state index contributed by atoms with van der Waals surface area (Å²) in [6, 6.07) is 8.58. The standard InChI is InChI=1S/C15H23NO3/c1-17-15-4-2-13(3-5-15)12-19-11-8-16-14-6-9-18-10-7-14/h2-5,14,16H,6-12H2,1H3. The maximum Gasteiger partial charge on any atom is 0.118 e. The first-order valence-electron chi connectivity index (χ1n) is 6.90. The molecule has 0 amide bonds. The summed E-state index contributed by atoms with van der Waals surface area (Å²) in [6.45, 7) is 4.05. The zero-order valence-electron chi connectivity index (χ0n) is 11.6. The van der Waals surface area contributed by atoms with Crippen LogP contribution < -0.4 is 10.1 Å². The number of methoxy groups -OCH3 is 1. The van der Waals surface area contributed by atoms with Gasteiger partial charge in [-0.05, 0) is 30.5 Å². The molecule has 0 aliphatic carbocycles. The zero-order chi connectivity index (χ0) is 13.3. The fourth-order valence-corrected chi connectivity index (χ4v) is 2.15. The van der Waals surface area contributed by atoms with Crippen LogP contribution in [0.15, 0.2) is 24.3 Å². The van der Waals surface area contributed by atoms with Gasteiger partial charge >= 0.3 is 0 Å². The Hall–Kier alpha value is -1.10. The van der Waals surface area contributed by atoms with Crippen LogP contribution in [0.5, 0.6) is 5.75 Å². The van der Waals surface area contributed by atoms with Crippen LogP contribution in [-0.2, 0) is 16.1 Å². The van der Waals surface area contributed by atoms with Gasteiger partial charge in [-0.3, -0.25) is 0 Å². The van der Waals surface area contributed by atoms with E-state index in [1.165, 1.54) is 5.56 Å². The summed E-state index contributed by atoms with van der Waals surface area (Å²) >= 11 is 0. The summed E-state index contributed by atoms with van der Waals surface area (Å²) in [7, 11) is 1.67. The minimum Gasteiger partial charge on any atom is -0.497 e. The fraction of sp³-hybridized carbons (Fsp3) is 0.600. The molecule has 0 aromatic heterocycles. The summed E-state index contributed by atoms with van der Waals surface area (Å²) in [5.41, 5.74) is 1.17. The Balaban J connectivity index is 1.55. The summed E-state index contributed by atoms with van der Waals surface area (Å²) in [5.74, 6) is 0.880. The number of hydrogen-bond acceptors (Lipinski definition) is 4. The lowest BCUT2D eigenvalue weighted by Gasteiger charge is -2.23. The molecule has 1 aliphatic rings. The minimum atomic E-state index is 0.596. The van der Waals surface area contributed by atoms with Crippen LogP contribution in [0.2, 0.25) is 0 Å². The van der Waals surface area contributed by atoms with E-state index in [0.29, 0.717) is 12.6 Å². The van der Waals surface area contributed by atoms with Crippen molar-refractivity contribution >= 4 is 0 Å². The predicted octanol–water partition coefficient (Wildman–Crippen LogP) is 1.98. The van der Waals surface area contributed by atoms with Crippen LogP contribution in [0.25, 0.3) is 0 Å². The molecule has 2 rings (SSSR count). The van der Waals surface area contributed by atoms with Crippen molar-refractivity contribution in [2.45, 2.75) is 25.5 Å². The third-order valence-corrected chi connectivity index (χ3v) is 3.33. The van der Waals surface area contributed by atoms with Crippen molar-refractivity contribution < 1.29 is 14.2 Å². The van der Waals surface area contributed by atoms with E-state index in [1.807, 2.05) is 24.3 Å². The fourth-order valence-electron chi connectivity index (χ4n) is 2.15. The van der Waals surface area contributed by atoms with Crippen molar-refractivity contribution in [1.82, 2.24) is 5.32 Å². The van der Waals surface area contributed by atoms with Crippen molar-refractivity contribution in [3.63, 3.8) is 0 Å². The van der Waals surface area contributed by atoms with Gasteiger partial charge in [0.05, 0.1) is 20.3 Å². The Morgan fingerprint density at radius 1 is 1.21 bits per heavy atom. The number of benzene rings is 1. The predicted molar refractivity (Wildman–Crippen MR) is 74.5 cm³/mol. The average Bonchev–Trinajstić information content (AvgIpc) is 2.49. The molecule has 0 saturated carbocycles. The first-order chi connectivity index (χ1) is 9.38. The van der Waals surface area contributed by atoms with Gasteiger partial charge < -0.3 is 19.5 Å². The van der Waals surface area contributed by atoms with E-state index in [1.54, 1.807) is 7.11 Å². The second kappa shape index (κ2) is 8.15. The lowest BCUT2D eigenvalue weighted by molar-refractivity contribution is 0.0716. The summed E-state index contributed by atoms with van der Waals surface area (Å²) in [4.78, 5) is 0. The van der Waals surface area contributed by atoms with E-state index < -0.39 is 0 Å². The van der Waals surface area contributed by atoms with E-state index in [2.05, 4.69) is 5.32 Å². The second-order valence-electron chi connectivity index (χ2n) is 4.74. The lowest BCUT2D eigenvalue weighted by Crippen LogP contribution is -2.36. The first-order valence-corrected chi connectivity index (χ1v) is 6.90. The third-order valence-electron chi connectivity index (χ3n) is 3.33. The average molecular weight is 265 g/mol. The number of hydrogen-bond donors (Lipinski definition) is 1. The number of nitrogens with one attached hydrogen (secondary N) is 1. The summed E-state index contributed by atoms with van der Waals surface area (Å²) < 4.78 is 16.1. The molecule has 4 heteroatoms. The van der Waals surface area contributed by atoms with Crippen LogP contribution in [0.4, 0.5) is 0 Å². The lowest BCUT2D eigenvalue weighted by atomic mass is 10.1. The van der Waals surface area contributed by atoms with Gasteiger partial charge in [0.2, 0.25) is 0 Å². The van der Waals surface area contributed by atoms with Crippen LogP contribution in [0.1, 0.15) is 18.4 Å². The molecule has 1 fully saturated rings. The molecule has 106 valence electrons. The molecule has 1 aromatic rings. The monoisotopic (exact) mass is 265 g/mol. The van der Waals surface area contributed by atoms with Crippen molar-refractivity contribution in [3.05, 3.63) is 29.8 Å². The molecule has 1 N–H and O–H groups in total. The summed E-state index contributed by atoms with van der Waals surface area (Å²) in [6.07, 6.45) is 2.22. The van der Waals surface area contributed by atoms with E-state index in [0.717, 1.165) is 45.0 Å². The smallest absolute Gasteiger partial charge is 0.118 e.